The van der Waals surface area contributed by atoms with Gasteiger partial charge in [-0.25, -0.2) is 4.99 Å². The summed E-state index contributed by atoms with van der Waals surface area (Å²) in [6.07, 6.45) is 3.74. The van der Waals surface area contributed by atoms with Crippen LogP contribution in [-0.4, -0.2) is 35.4 Å². The molecule has 27 heavy (non-hydrogen) atoms. The Morgan fingerprint density at radius 3 is 2.78 bits per heavy atom. The molecule has 0 spiro atoms. The molecule has 0 atom stereocenters. The summed E-state index contributed by atoms with van der Waals surface area (Å²) in [5, 5.41) is 10.9. The number of ether oxygens (including phenoxy) is 1. The van der Waals surface area contributed by atoms with Crippen LogP contribution in [0.1, 0.15) is 18.1 Å². The summed E-state index contributed by atoms with van der Waals surface area (Å²) in [4.78, 5) is 4.41. The van der Waals surface area contributed by atoms with Crippen LogP contribution in [0.2, 0.25) is 5.02 Å². The van der Waals surface area contributed by atoms with Crippen molar-refractivity contribution in [1.29, 1.82) is 0 Å². The third-order valence-electron chi connectivity index (χ3n) is 3.39. The van der Waals surface area contributed by atoms with Gasteiger partial charge in [0.15, 0.2) is 5.96 Å². The van der Waals surface area contributed by atoms with Crippen molar-refractivity contribution in [1.82, 2.24) is 20.4 Å². The van der Waals surface area contributed by atoms with Crippen LogP contribution in [0, 0.1) is 6.92 Å². The number of aliphatic imine (C=N–C) groups is 1. The van der Waals surface area contributed by atoms with E-state index >= 15 is 0 Å². The van der Waals surface area contributed by atoms with Gasteiger partial charge >= 0.3 is 6.61 Å². The lowest BCUT2D eigenvalue weighted by Gasteiger charge is -2.13. The van der Waals surface area contributed by atoms with Crippen LogP contribution in [0.25, 0.3) is 0 Å². The summed E-state index contributed by atoms with van der Waals surface area (Å²) < 4.78 is 31.4. The lowest BCUT2D eigenvalue weighted by molar-refractivity contribution is -0.0504. The summed E-state index contributed by atoms with van der Waals surface area (Å²) in [5.74, 6) is 0.635. The van der Waals surface area contributed by atoms with Crippen molar-refractivity contribution < 1.29 is 13.5 Å². The van der Waals surface area contributed by atoms with Crippen LogP contribution >= 0.6 is 35.6 Å². The number of nitrogens with zero attached hydrogens (tertiary/aromatic N) is 3. The summed E-state index contributed by atoms with van der Waals surface area (Å²) >= 11 is 5.95. The summed E-state index contributed by atoms with van der Waals surface area (Å²) in [7, 11) is 0. The second kappa shape index (κ2) is 12.0. The molecule has 1 aromatic heterocycles. The van der Waals surface area contributed by atoms with E-state index in [9.17, 15) is 8.78 Å². The first-order valence-electron chi connectivity index (χ1n) is 8.22. The Bertz CT molecular complexity index is 742. The molecular formula is C17H23ClF2IN5O. The molecule has 0 radical (unpaired) electrons. The molecule has 0 amide bonds. The van der Waals surface area contributed by atoms with Gasteiger partial charge in [-0.1, -0.05) is 11.6 Å². The van der Waals surface area contributed by atoms with E-state index in [0.29, 0.717) is 36.2 Å². The molecule has 0 saturated heterocycles. The number of guanidine groups is 1. The van der Waals surface area contributed by atoms with Gasteiger partial charge in [-0.05, 0) is 37.6 Å². The Kier molecular flexibility index (Phi) is 10.4. The highest BCUT2D eigenvalue weighted by Crippen LogP contribution is 2.25. The summed E-state index contributed by atoms with van der Waals surface area (Å²) in [5.41, 5.74) is 1.58. The molecule has 2 N–H and O–H groups in total. The minimum atomic E-state index is -2.90. The second-order valence-electron chi connectivity index (χ2n) is 5.53. The van der Waals surface area contributed by atoms with Gasteiger partial charge in [0.1, 0.15) is 5.75 Å². The lowest BCUT2D eigenvalue weighted by Crippen LogP contribution is -2.38. The Morgan fingerprint density at radius 2 is 2.15 bits per heavy atom. The average Bonchev–Trinajstić information content (AvgIpc) is 2.99. The van der Waals surface area contributed by atoms with Crippen molar-refractivity contribution in [3.63, 3.8) is 0 Å². The molecule has 1 aromatic carbocycles. The van der Waals surface area contributed by atoms with Gasteiger partial charge in [0, 0.05) is 29.9 Å². The predicted molar refractivity (Wildman–Crippen MR) is 113 cm³/mol. The number of hydrogen-bond acceptors (Lipinski definition) is 3. The summed E-state index contributed by atoms with van der Waals surface area (Å²) in [6, 6.07) is 4.49. The fourth-order valence-corrected chi connectivity index (χ4v) is 2.46. The lowest BCUT2D eigenvalue weighted by atomic mass is 10.2. The predicted octanol–water partition coefficient (Wildman–Crippen LogP) is 3.82. The Balaban J connectivity index is 0.00000364. The second-order valence-corrected chi connectivity index (χ2v) is 5.97. The first kappa shape index (κ1) is 23.4. The van der Waals surface area contributed by atoms with E-state index in [4.69, 9.17) is 11.6 Å². The smallest absolute Gasteiger partial charge is 0.387 e. The Morgan fingerprint density at radius 1 is 1.37 bits per heavy atom. The van der Waals surface area contributed by atoms with E-state index in [0.717, 1.165) is 5.56 Å². The summed E-state index contributed by atoms with van der Waals surface area (Å²) in [6.45, 7) is 3.13. The van der Waals surface area contributed by atoms with Crippen LogP contribution in [-0.2, 0) is 13.1 Å². The molecule has 0 fully saturated rings. The van der Waals surface area contributed by atoms with Gasteiger partial charge < -0.3 is 15.4 Å². The minimum Gasteiger partial charge on any atom is -0.434 e. The van der Waals surface area contributed by atoms with Gasteiger partial charge in [0.2, 0.25) is 0 Å². The normalized spacial score (nSPS) is 11.3. The standard InChI is InChI=1S/C17H22ClF2N5O.HI/c1-3-21-17(22-6-7-25-11-12(2)9-24-25)23-10-13-8-14(18)4-5-15(13)26-16(19)20;/h4-5,8-9,11,16H,3,6-7,10H2,1-2H3,(H2,21,22,23);1H. The quantitative estimate of drug-likeness (QED) is 0.320. The molecule has 0 bridgehead atoms. The van der Waals surface area contributed by atoms with Crippen molar-refractivity contribution in [2.75, 3.05) is 13.1 Å². The molecule has 10 heteroatoms. The van der Waals surface area contributed by atoms with Gasteiger partial charge in [-0.2, -0.15) is 13.9 Å². The molecule has 0 saturated carbocycles. The van der Waals surface area contributed by atoms with Gasteiger partial charge in [-0.15, -0.1) is 24.0 Å². The number of halogens is 4. The number of hydrogen-bond donors (Lipinski definition) is 2. The largest absolute Gasteiger partial charge is 0.434 e. The van der Waals surface area contributed by atoms with Gasteiger partial charge in [-0.3, -0.25) is 4.68 Å². The fourth-order valence-electron chi connectivity index (χ4n) is 2.27. The highest BCUT2D eigenvalue weighted by molar-refractivity contribution is 14.0. The van der Waals surface area contributed by atoms with Crippen molar-refractivity contribution in [3.05, 3.63) is 46.7 Å². The third-order valence-corrected chi connectivity index (χ3v) is 3.62. The van der Waals surface area contributed by atoms with Crippen LogP contribution < -0.4 is 15.4 Å². The number of nitrogens with one attached hydrogen (secondary N) is 2. The number of alkyl halides is 2. The van der Waals surface area contributed by atoms with Crippen molar-refractivity contribution >= 4 is 41.5 Å². The highest BCUT2D eigenvalue weighted by atomic mass is 127. The maximum absolute atomic E-state index is 12.5. The number of benzene rings is 1. The van der Waals surface area contributed by atoms with Crippen molar-refractivity contribution in [2.45, 2.75) is 33.5 Å². The average molecular weight is 514 g/mol. The number of aryl methyl sites for hydroxylation is 1. The van der Waals surface area contributed by atoms with E-state index in [1.54, 1.807) is 12.3 Å². The molecule has 1 heterocycles. The van der Waals surface area contributed by atoms with Crippen LogP contribution in [0.5, 0.6) is 5.75 Å². The molecular weight excluding hydrogens is 491 g/mol. The van der Waals surface area contributed by atoms with E-state index < -0.39 is 6.61 Å². The fraction of sp³-hybridized carbons (Fsp3) is 0.412. The van der Waals surface area contributed by atoms with E-state index in [2.05, 4.69) is 25.5 Å². The molecule has 150 valence electrons. The zero-order valence-electron chi connectivity index (χ0n) is 15.1. The minimum absolute atomic E-state index is 0. The molecule has 2 rings (SSSR count). The highest BCUT2D eigenvalue weighted by Gasteiger charge is 2.10. The number of rotatable bonds is 8. The molecule has 0 aliphatic rings. The zero-order valence-corrected chi connectivity index (χ0v) is 18.2. The topological polar surface area (TPSA) is 63.5 Å². The molecule has 2 aromatic rings. The van der Waals surface area contributed by atoms with E-state index in [-0.39, 0.29) is 36.3 Å². The number of aromatic nitrogens is 2. The zero-order chi connectivity index (χ0) is 18.9. The van der Waals surface area contributed by atoms with E-state index in [1.807, 2.05) is 24.7 Å². The molecule has 0 aliphatic carbocycles. The Labute approximate surface area is 179 Å². The third kappa shape index (κ3) is 8.29. The monoisotopic (exact) mass is 513 g/mol. The van der Waals surface area contributed by atoms with E-state index in [1.165, 1.54) is 12.1 Å². The van der Waals surface area contributed by atoms with Gasteiger partial charge in [0.25, 0.3) is 0 Å². The van der Waals surface area contributed by atoms with Crippen LogP contribution in [0.4, 0.5) is 8.78 Å². The molecule has 0 aliphatic heterocycles. The Hall–Kier alpha value is -1.62. The molecule has 6 nitrogen and oxygen atoms in total. The maximum atomic E-state index is 12.5. The SMILES string of the molecule is CCNC(=NCc1cc(Cl)ccc1OC(F)F)NCCn1cc(C)cn1.I. The maximum Gasteiger partial charge on any atom is 0.387 e. The first-order valence-corrected chi connectivity index (χ1v) is 8.60. The van der Waals surface area contributed by atoms with Crippen LogP contribution in [0.3, 0.4) is 0 Å². The van der Waals surface area contributed by atoms with Crippen LogP contribution in [0.15, 0.2) is 35.6 Å². The van der Waals surface area contributed by atoms with Crippen molar-refractivity contribution in [2.24, 2.45) is 4.99 Å². The van der Waals surface area contributed by atoms with Gasteiger partial charge in [0.05, 0.1) is 19.3 Å². The molecule has 0 unspecified atom stereocenters. The first-order chi connectivity index (χ1) is 12.5. The van der Waals surface area contributed by atoms with Crippen molar-refractivity contribution in [3.8, 4) is 5.75 Å².